The fraction of sp³-hybridized carbons (Fsp3) is 0.500. The molecule has 0 spiro atoms. The summed E-state index contributed by atoms with van der Waals surface area (Å²) in [6.07, 6.45) is 8.85. The second-order valence-corrected chi connectivity index (χ2v) is 4.68. The maximum atomic E-state index is 6.12. The minimum atomic E-state index is 0.544. The van der Waals surface area contributed by atoms with Crippen molar-refractivity contribution in [1.82, 2.24) is 14.6 Å². The molecule has 0 saturated heterocycles. The average molecular weight is 216 g/mol. The summed E-state index contributed by atoms with van der Waals surface area (Å²) in [5.41, 5.74) is 9.85. The molecule has 2 aromatic rings. The second kappa shape index (κ2) is 3.47. The Labute approximate surface area is 94.5 Å². The van der Waals surface area contributed by atoms with Crippen LogP contribution in [0, 0.1) is 6.92 Å². The number of hydrogen-bond donors (Lipinski definition) is 1. The van der Waals surface area contributed by atoms with Gasteiger partial charge in [-0.3, -0.25) is 0 Å². The first-order valence-corrected chi connectivity index (χ1v) is 5.86. The van der Waals surface area contributed by atoms with Crippen molar-refractivity contribution < 1.29 is 0 Å². The monoisotopic (exact) mass is 216 g/mol. The van der Waals surface area contributed by atoms with E-state index in [4.69, 9.17) is 5.73 Å². The molecule has 0 bridgehead atoms. The van der Waals surface area contributed by atoms with Crippen LogP contribution in [0.4, 0.5) is 5.69 Å². The van der Waals surface area contributed by atoms with Crippen molar-refractivity contribution >= 4 is 11.3 Å². The third-order valence-corrected chi connectivity index (χ3v) is 3.41. The quantitative estimate of drug-likeness (QED) is 0.795. The first-order chi connectivity index (χ1) is 7.75. The van der Waals surface area contributed by atoms with E-state index in [0.29, 0.717) is 5.92 Å². The highest BCUT2D eigenvalue weighted by atomic mass is 15.3. The van der Waals surface area contributed by atoms with E-state index in [1.54, 1.807) is 0 Å². The van der Waals surface area contributed by atoms with E-state index >= 15 is 0 Å². The molecule has 0 atom stereocenters. The molecule has 3 rings (SSSR count). The van der Waals surface area contributed by atoms with Crippen molar-refractivity contribution in [3.05, 3.63) is 23.7 Å². The van der Waals surface area contributed by atoms with Gasteiger partial charge in [-0.15, -0.1) is 0 Å². The van der Waals surface area contributed by atoms with Crippen molar-refractivity contribution in [1.29, 1.82) is 0 Å². The van der Waals surface area contributed by atoms with Gasteiger partial charge in [-0.25, -0.2) is 9.50 Å². The van der Waals surface area contributed by atoms with Crippen LogP contribution in [-0.4, -0.2) is 14.6 Å². The third kappa shape index (κ3) is 1.37. The van der Waals surface area contributed by atoms with E-state index in [0.717, 1.165) is 22.6 Å². The Hall–Kier alpha value is -1.58. The summed E-state index contributed by atoms with van der Waals surface area (Å²) in [6, 6.07) is 0. The van der Waals surface area contributed by atoms with Gasteiger partial charge in [0, 0.05) is 18.3 Å². The summed E-state index contributed by atoms with van der Waals surface area (Å²) in [5, 5.41) is 4.58. The number of rotatable bonds is 1. The molecular weight excluding hydrogens is 200 g/mol. The Morgan fingerprint density at radius 3 is 2.88 bits per heavy atom. The largest absolute Gasteiger partial charge is 0.394 e. The van der Waals surface area contributed by atoms with E-state index in [9.17, 15) is 0 Å². The van der Waals surface area contributed by atoms with Crippen molar-refractivity contribution in [3.8, 4) is 0 Å². The first kappa shape index (κ1) is 9.63. The first-order valence-electron chi connectivity index (χ1n) is 5.86. The zero-order valence-electron chi connectivity index (χ0n) is 9.48. The molecule has 1 aliphatic carbocycles. The molecule has 4 nitrogen and oxygen atoms in total. The van der Waals surface area contributed by atoms with Gasteiger partial charge >= 0.3 is 0 Å². The van der Waals surface area contributed by atoms with Gasteiger partial charge in [-0.05, 0) is 25.3 Å². The van der Waals surface area contributed by atoms with Crippen LogP contribution in [0.5, 0.6) is 0 Å². The molecule has 0 radical (unpaired) electrons. The number of nitrogen functional groups attached to an aromatic ring is 1. The van der Waals surface area contributed by atoms with Crippen LogP contribution in [0.3, 0.4) is 0 Å². The van der Waals surface area contributed by atoms with Crippen LogP contribution in [0.25, 0.3) is 5.65 Å². The molecule has 0 amide bonds. The number of nitrogens with two attached hydrogens (primary N) is 1. The standard InChI is InChI=1S/C12H16N4/c1-8-6-14-12-10(13)11(15-16(12)7-8)9-4-2-3-5-9/h6-7,9H,2-5,13H2,1H3. The minimum Gasteiger partial charge on any atom is -0.394 e. The van der Waals surface area contributed by atoms with Gasteiger partial charge < -0.3 is 5.73 Å². The summed E-state index contributed by atoms with van der Waals surface area (Å²) < 4.78 is 1.82. The lowest BCUT2D eigenvalue weighted by atomic mass is 10.0. The van der Waals surface area contributed by atoms with E-state index < -0.39 is 0 Å². The molecule has 0 aromatic carbocycles. The van der Waals surface area contributed by atoms with Gasteiger partial charge in [0.25, 0.3) is 0 Å². The Morgan fingerprint density at radius 1 is 1.38 bits per heavy atom. The maximum absolute atomic E-state index is 6.12. The van der Waals surface area contributed by atoms with E-state index in [-0.39, 0.29) is 0 Å². The second-order valence-electron chi connectivity index (χ2n) is 4.68. The van der Waals surface area contributed by atoms with Crippen molar-refractivity contribution in [2.45, 2.75) is 38.5 Å². The fourth-order valence-electron chi connectivity index (χ4n) is 2.56. The zero-order valence-corrected chi connectivity index (χ0v) is 9.48. The lowest BCUT2D eigenvalue weighted by Gasteiger charge is -2.04. The van der Waals surface area contributed by atoms with Crippen LogP contribution < -0.4 is 5.73 Å². The van der Waals surface area contributed by atoms with Gasteiger partial charge in [-0.2, -0.15) is 5.10 Å². The minimum absolute atomic E-state index is 0.544. The highest BCUT2D eigenvalue weighted by Gasteiger charge is 2.23. The summed E-state index contributed by atoms with van der Waals surface area (Å²) in [7, 11) is 0. The topological polar surface area (TPSA) is 56.2 Å². The number of fused-ring (bicyclic) bond motifs is 1. The number of aryl methyl sites for hydroxylation is 1. The van der Waals surface area contributed by atoms with Crippen LogP contribution in [0.1, 0.15) is 42.9 Å². The molecule has 1 saturated carbocycles. The highest BCUT2D eigenvalue weighted by molar-refractivity contribution is 5.68. The van der Waals surface area contributed by atoms with E-state index in [1.807, 2.05) is 23.8 Å². The molecule has 2 aromatic heterocycles. The molecule has 16 heavy (non-hydrogen) atoms. The van der Waals surface area contributed by atoms with Crippen LogP contribution in [-0.2, 0) is 0 Å². The summed E-state index contributed by atoms with van der Waals surface area (Å²) >= 11 is 0. The van der Waals surface area contributed by atoms with Crippen LogP contribution in [0.2, 0.25) is 0 Å². The normalized spacial score (nSPS) is 17.3. The molecule has 84 valence electrons. The van der Waals surface area contributed by atoms with Crippen LogP contribution >= 0.6 is 0 Å². The number of nitrogens with zero attached hydrogens (tertiary/aromatic N) is 3. The van der Waals surface area contributed by atoms with Gasteiger partial charge in [0.2, 0.25) is 0 Å². The van der Waals surface area contributed by atoms with Crippen molar-refractivity contribution in [2.75, 3.05) is 5.73 Å². The molecule has 1 aliphatic rings. The summed E-state index contributed by atoms with van der Waals surface area (Å²) in [6.45, 7) is 2.01. The molecule has 0 unspecified atom stereocenters. The zero-order chi connectivity index (χ0) is 11.1. The Kier molecular flexibility index (Phi) is 2.09. The van der Waals surface area contributed by atoms with Gasteiger partial charge in [0.15, 0.2) is 5.65 Å². The molecule has 1 fully saturated rings. The molecular formula is C12H16N4. The van der Waals surface area contributed by atoms with Crippen molar-refractivity contribution in [3.63, 3.8) is 0 Å². The third-order valence-electron chi connectivity index (χ3n) is 3.41. The summed E-state index contributed by atoms with van der Waals surface area (Å²) in [5.74, 6) is 0.544. The summed E-state index contributed by atoms with van der Waals surface area (Å²) in [4.78, 5) is 4.35. The fourth-order valence-corrected chi connectivity index (χ4v) is 2.56. The Morgan fingerprint density at radius 2 is 2.12 bits per heavy atom. The predicted octanol–water partition coefficient (Wildman–Crippen LogP) is 2.28. The predicted molar refractivity (Wildman–Crippen MR) is 63.3 cm³/mol. The number of anilines is 1. The highest BCUT2D eigenvalue weighted by Crippen LogP contribution is 2.36. The average Bonchev–Trinajstić information content (AvgIpc) is 2.86. The van der Waals surface area contributed by atoms with Crippen LogP contribution in [0.15, 0.2) is 12.4 Å². The van der Waals surface area contributed by atoms with Gasteiger partial charge in [0.05, 0.1) is 5.69 Å². The lowest BCUT2D eigenvalue weighted by molar-refractivity contribution is 0.686. The van der Waals surface area contributed by atoms with Crippen molar-refractivity contribution in [2.24, 2.45) is 0 Å². The maximum Gasteiger partial charge on any atom is 0.178 e. The lowest BCUT2D eigenvalue weighted by Crippen LogP contribution is -1.97. The Bertz CT molecular complexity index is 523. The van der Waals surface area contributed by atoms with E-state index in [2.05, 4.69) is 10.1 Å². The number of aromatic nitrogens is 3. The number of hydrogen-bond acceptors (Lipinski definition) is 3. The Balaban J connectivity index is 2.14. The molecule has 0 aliphatic heterocycles. The van der Waals surface area contributed by atoms with E-state index in [1.165, 1.54) is 25.7 Å². The van der Waals surface area contributed by atoms with Gasteiger partial charge in [0.1, 0.15) is 5.69 Å². The molecule has 4 heteroatoms. The molecule has 2 N–H and O–H groups in total. The SMILES string of the molecule is Cc1cnc2c(N)c(C3CCCC3)nn2c1. The van der Waals surface area contributed by atoms with Gasteiger partial charge in [-0.1, -0.05) is 12.8 Å². The molecule has 2 heterocycles. The smallest absolute Gasteiger partial charge is 0.178 e.